The molecule has 10 heteroatoms. The number of alkyl halides is 6. The van der Waals surface area contributed by atoms with E-state index in [1.807, 2.05) is 0 Å². The molecule has 158 valence electrons. The van der Waals surface area contributed by atoms with Crippen LogP contribution in [-0.2, 0) is 23.7 Å². The van der Waals surface area contributed by atoms with Crippen molar-refractivity contribution in [1.82, 2.24) is 5.06 Å². The van der Waals surface area contributed by atoms with Crippen molar-refractivity contribution in [1.29, 1.82) is 0 Å². The zero-order chi connectivity index (χ0) is 21.7. The quantitative estimate of drug-likeness (QED) is 0.539. The third kappa shape index (κ3) is 3.82. The van der Waals surface area contributed by atoms with Gasteiger partial charge in [-0.3, -0.25) is 0 Å². The van der Waals surface area contributed by atoms with Gasteiger partial charge in [0.1, 0.15) is 5.58 Å². The highest BCUT2D eigenvalue weighted by Gasteiger charge is 2.38. The standard InChI is InChI=1S/C20H14F6N2O2/c21-19(22,23)12-5-11(6-13(7-12)20(24,25)26)9-28-16(8-18(27)30-28)15-10-29-17-4-2-1-3-14(15)17/h1-8,10,16H,9,27H2. The first-order valence-corrected chi connectivity index (χ1v) is 8.69. The second kappa shape index (κ2) is 6.98. The smallest absolute Gasteiger partial charge is 0.416 e. The van der Waals surface area contributed by atoms with E-state index in [2.05, 4.69) is 0 Å². The molecular weight excluding hydrogens is 414 g/mol. The van der Waals surface area contributed by atoms with Crippen molar-refractivity contribution in [3.63, 3.8) is 0 Å². The second-order valence-corrected chi connectivity index (χ2v) is 6.78. The molecule has 1 atom stereocenters. The summed E-state index contributed by atoms with van der Waals surface area (Å²) in [6.07, 6.45) is -6.90. The lowest BCUT2D eigenvalue weighted by Crippen LogP contribution is -2.24. The molecule has 2 aromatic carbocycles. The van der Waals surface area contributed by atoms with Crippen molar-refractivity contribution < 1.29 is 35.6 Å². The molecule has 0 saturated heterocycles. The van der Waals surface area contributed by atoms with Gasteiger partial charge in [0.05, 0.1) is 30.0 Å². The molecule has 0 saturated carbocycles. The lowest BCUT2D eigenvalue weighted by molar-refractivity contribution is -0.144. The Morgan fingerprint density at radius 2 is 1.57 bits per heavy atom. The summed E-state index contributed by atoms with van der Waals surface area (Å²) in [5, 5.41) is 1.93. The molecule has 4 nitrogen and oxygen atoms in total. The highest BCUT2D eigenvalue weighted by atomic mass is 19.4. The number of fused-ring (bicyclic) bond motifs is 1. The van der Waals surface area contributed by atoms with Gasteiger partial charge in [-0.1, -0.05) is 18.2 Å². The third-order valence-corrected chi connectivity index (χ3v) is 4.67. The molecule has 0 aliphatic carbocycles. The maximum absolute atomic E-state index is 13.1. The van der Waals surface area contributed by atoms with Crippen molar-refractivity contribution in [2.24, 2.45) is 5.73 Å². The number of furan rings is 1. The zero-order valence-electron chi connectivity index (χ0n) is 15.1. The first-order valence-electron chi connectivity index (χ1n) is 8.69. The molecule has 2 heterocycles. The summed E-state index contributed by atoms with van der Waals surface area (Å²) in [4.78, 5) is 5.37. The number of nitrogens with two attached hydrogens (primary N) is 1. The second-order valence-electron chi connectivity index (χ2n) is 6.78. The lowest BCUT2D eigenvalue weighted by atomic mass is 10.0. The Morgan fingerprint density at radius 1 is 0.933 bits per heavy atom. The first kappa shape index (κ1) is 20.1. The molecule has 1 aromatic heterocycles. The van der Waals surface area contributed by atoms with Crippen molar-refractivity contribution in [3.05, 3.63) is 82.9 Å². The maximum atomic E-state index is 13.1. The minimum absolute atomic E-state index is 0.0201. The molecule has 4 rings (SSSR count). The van der Waals surface area contributed by atoms with Crippen LogP contribution in [0.3, 0.4) is 0 Å². The molecular formula is C20H14F6N2O2. The van der Waals surface area contributed by atoms with Gasteiger partial charge in [-0.2, -0.15) is 26.3 Å². The van der Waals surface area contributed by atoms with Gasteiger partial charge in [0.15, 0.2) is 0 Å². The summed E-state index contributed by atoms with van der Waals surface area (Å²) in [6.45, 7) is -0.367. The average Bonchev–Trinajstić information content (AvgIpc) is 3.23. The first-order chi connectivity index (χ1) is 14.0. The van der Waals surface area contributed by atoms with Gasteiger partial charge in [0.2, 0.25) is 5.88 Å². The van der Waals surface area contributed by atoms with E-state index in [4.69, 9.17) is 15.0 Å². The molecule has 3 aromatic rings. The van der Waals surface area contributed by atoms with Crippen molar-refractivity contribution in [2.75, 3.05) is 0 Å². The number of halogens is 6. The number of benzene rings is 2. The van der Waals surface area contributed by atoms with E-state index in [0.29, 0.717) is 23.3 Å². The fraction of sp³-hybridized carbons (Fsp3) is 0.200. The highest BCUT2D eigenvalue weighted by molar-refractivity contribution is 5.81. The monoisotopic (exact) mass is 428 g/mol. The van der Waals surface area contributed by atoms with Crippen LogP contribution >= 0.6 is 0 Å². The van der Waals surface area contributed by atoms with E-state index < -0.39 is 29.5 Å². The van der Waals surface area contributed by atoms with Crippen LogP contribution in [0.15, 0.2) is 65.1 Å². The molecule has 0 spiro atoms. The SMILES string of the molecule is NC1=CC(c2coc3ccccc23)N(Cc2cc(C(F)(F)F)cc(C(F)(F)F)c2)O1. The van der Waals surface area contributed by atoms with Gasteiger partial charge in [-0.15, -0.1) is 5.06 Å². The molecule has 0 fully saturated rings. The number of para-hydroxylation sites is 1. The summed E-state index contributed by atoms with van der Waals surface area (Å²) >= 11 is 0. The van der Waals surface area contributed by atoms with Crippen molar-refractivity contribution >= 4 is 11.0 Å². The number of hydrogen-bond acceptors (Lipinski definition) is 4. The fourth-order valence-corrected chi connectivity index (χ4v) is 3.35. The van der Waals surface area contributed by atoms with Crippen LogP contribution in [0.1, 0.15) is 28.3 Å². The van der Waals surface area contributed by atoms with Crippen LogP contribution < -0.4 is 5.73 Å². The molecule has 0 amide bonds. The molecule has 30 heavy (non-hydrogen) atoms. The molecule has 2 N–H and O–H groups in total. The summed E-state index contributed by atoms with van der Waals surface area (Å²) < 4.78 is 84.3. The average molecular weight is 428 g/mol. The Labute approximate surface area is 166 Å². The van der Waals surface area contributed by atoms with E-state index in [1.54, 1.807) is 24.3 Å². The van der Waals surface area contributed by atoms with Crippen LogP contribution in [0.4, 0.5) is 26.3 Å². The van der Waals surface area contributed by atoms with Gasteiger partial charge in [-0.25, -0.2) is 0 Å². The van der Waals surface area contributed by atoms with Crippen LogP contribution in [0, 0.1) is 0 Å². The Balaban J connectivity index is 1.71. The molecule has 1 aliphatic rings. The fourth-order valence-electron chi connectivity index (χ4n) is 3.35. The largest absolute Gasteiger partial charge is 0.464 e. The summed E-state index contributed by atoms with van der Waals surface area (Å²) in [7, 11) is 0. The predicted octanol–water partition coefficient (Wildman–Crippen LogP) is 5.76. The van der Waals surface area contributed by atoms with Crippen LogP contribution in [0.2, 0.25) is 0 Å². The summed E-state index contributed by atoms with van der Waals surface area (Å²) in [5.41, 5.74) is 3.91. The van der Waals surface area contributed by atoms with Crippen molar-refractivity contribution in [3.8, 4) is 0 Å². The number of hydrogen-bond donors (Lipinski definition) is 1. The van der Waals surface area contributed by atoms with E-state index in [1.165, 1.54) is 17.4 Å². The third-order valence-electron chi connectivity index (χ3n) is 4.67. The summed E-state index contributed by atoms with van der Waals surface area (Å²) in [6, 6.07) is 7.81. The Morgan fingerprint density at radius 3 is 2.20 bits per heavy atom. The Bertz CT molecular complexity index is 1080. The van der Waals surface area contributed by atoms with Gasteiger partial charge in [0.25, 0.3) is 0 Å². The van der Waals surface area contributed by atoms with Gasteiger partial charge >= 0.3 is 12.4 Å². The van der Waals surface area contributed by atoms with Crippen LogP contribution in [0.5, 0.6) is 0 Å². The van der Waals surface area contributed by atoms with Crippen LogP contribution in [-0.4, -0.2) is 5.06 Å². The van der Waals surface area contributed by atoms with Gasteiger partial charge in [-0.05, 0) is 29.8 Å². The lowest BCUT2D eigenvalue weighted by Gasteiger charge is -2.23. The number of nitrogens with zero attached hydrogens (tertiary/aromatic N) is 1. The maximum Gasteiger partial charge on any atom is 0.416 e. The topological polar surface area (TPSA) is 51.6 Å². The molecule has 0 bridgehead atoms. The summed E-state index contributed by atoms with van der Waals surface area (Å²) in [5.74, 6) is -0.0201. The van der Waals surface area contributed by atoms with Crippen LogP contribution in [0.25, 0.3) is 11.0 Å². The normalized spacial score (nSPS) is 17.9. The van der Waals surface area contributed by atoms with Gasteiger partial charge < -0.3 is 15.0 Å². The van der Waals surface area contributed by atoms with E-state index in [0.717, 1.165) is 5.39 Å². The van der Waals surface area contributed by atoms with Crippen molar-refractivity contribution in [2.45, 2.75) is 24.9 Å². The predicted molar refractivity (Wildman–Crippen MR) is 94.3 cm³/mol. The minimum Gasteiger partial charge on any atom is -0.464 e. The minimum atomic E-state index is -4.93. The highest BCUT2D eigenvalue weighted by Crippen LogP contribution is 2.39. The Hall–Kier alpha value is -3.14. The van der Waals surface area contributed by atoms with Gasteiger partial charge in [0, 0.05) is 17.0 Å². The Kier molecular flexibility index (Phi) is 4.69. The number of rotatable bonds is 3. The molecule has 0 radical (unpaired) electrons. The van der Waals surface area contributed by atoms with E-state index >= 15 is 0 Å². The van der Waals surface area contributed by atoms with E-state index in [9.17, 15) is 26.3 Å². The molecule has 1 aliphatic heterocycles. The van der Waals surface area contributed by atoms with E-state index in [-0.39, 0.29) is 24.1 Å². The number of hydroxylamine groups is 2. The zero-order valence-corrected chi connectivity index (χ0v) is 15.1. The molecule has 1 unspecified atom stereocenters.